The van der Waals surface area contributed by atoms with Gasteiger partial charge >= 0.3 is 12.1 Å². The summed E-state index contributed by atoms with van der Waals surface area (Å²) in [5.74, 6) is -0.883. The number of aromatic nitrogens is 1. The van der Waals surface area contributed by atoms with Gasteiger partial charge < -0.3 is 19.5 Å². The quantitative estimate of drug-likeness (QED) is 0.280. The summed E-state index contributed by atoms with van der Waals surface area (Å²) in [6.07, 6.45) is -2.04. The van der Waals surface area contributed by atoms with Gasteiger partial charge in [-0.15, -0.1) is 0 Å². The first-order valence-corrected chi connectivity index (χ1v) is 13.7. The summed E-state index contributed by atoms with van der Waals surface area (Å²) in [5, 5.41) is 19.1. The van der Waals surface area contributed by atoms with E-state index < -0.39 is 29.8 Å². The minimum atomic E-state index is -4.76. The normalized spacial score (nSPS) is 15.1. The number of carboxylic acid groups (broad SMARTS) is 1. The zero-order valence-electron chi connectivity index (χ0n) is 23.3. The fourth-order valence-electron chi connectivity index (χ4n) is 4.99. The average Bonchev–Trinajstić information content (AvgIpc) is 3.47. The minimum absolute atomic E-state index is 0.00907. The molecule has 4 rings (SSSR count). The third-order valence-electron chi connectivity index (χ3n) is 7.15. The van der Waals surface area contributed by atoms with E-state index in [9.17, 15) is 33.1 Å². The van der Waals surface area contributed by atoms with Crippen molar-refractivity contribution in [2.24, 2.45) is 0 Å². The van der Waals surface area contributed by atoms with E-state index in [-0.39, 0.29) is 39.6 Å². The number of anilines is 1. The summed E-state index contributed by atoms with van der Waals surface area (Å²) in [4.78, 5) is 32.0. The van der Waals surface area contributed by atoms with Gasteiger partial charge in [0.05, 0.1) is 41.6 Å². The highest BCUT2D eigenvalue weighted by atomic mass is 35.5. The molecular weight excluding hydrogens is 589 g/mol. The second-order valence-electron chi connectivity index (χ2n) is 9.82. The molecule has 1 fully saturated rings. The number of pyridine rings is 1. The fourth-order valence-corrected chi connectivity index (χ4v) is 5.24. The van der Waals surface area contributed by atoms with Gasteiger partial charge in [-0.1, -0.05) is 23.7 Å². The van der Waals surface area contributed by atoms with Crippen LogP contribution in [0.15, 0.2) is 48.7 Å². The maximum atomic E-state index is 13.9. The molecule has 226 valence electrons. The Morgan fingerprint density at radius 3 is 2.63 bits per heavy atom. The van der Waals surface area contributed by atoms with Gasteiger partial charge in [0.1, 0.15) is 23.2 Å². The van der Waals surface area contributed by atoms with Crippen LogP contribution >= 0.6 is 11.6 Å². The van der Waals surface area contributed by atoms with Gasteiger partial charge in [0.25, 0.3) is 5.91 Å². The van der Waals surface area contributed by atoms with Crippen molar-refractivity contribution in [3.63, 3.8) is 0 Å². The third-order valence-corrected chi connectivity index (χ3v) is 7.46. The van der Waals surface area contributed by atoms with E-state index in [2.05, 4.69) is 4.98 Å². The van der Waals surface area contributed by atoms with Gasteiger partial charge in [-0.3, -0.25) is 19.5 Å². The van der Waals surface area contributed by atoms with Crippen LogP contribution in [-0.4, -0.2) is 66.8 Å². The molecule has 1 aliphatic heterocycles. The van der Waals surface area contributed by atoms with Crippen molar-refractivity contribution in [1.29, 1.82) is 5.26 Å². The average molecular weight is 617 g/mol. The standard InChI is InChI=1S/C30H28ClF3N4O5/c1-37(23-7-3-4-9-25(23)42-2)28(39)20-14-19(21-17-36-27(30(32,33)34)13-18(21)16-35)22(31)15-26(20)43-12-6-11-38-10-5-8-24(38)29(40)41/h3-4,7,9,13-15,17,24H,5-6,8,10-12H2,1-2H3,(H,40,41)/t24-/m0/s1. The van der Waals surface area contributed by atoms with Crippen molar-refractivity contribution in [3.8, 4) is 28.7 Å². The Hall–Kier alpha value is -4.34. The Labute approximate surface area is 251 Å². The van der Waals surface area contributed by atoms with Crippen molar-refractivity contribution in [1.82, 2.24) is 9.88 Å². The molecule has 0 saturated carbocycles. The van der Waals surface area contributed by atoms with Crippen LogP contribution in [0.4, 0.5) is 18.9 Å². The minimum Gasteiger partial charge on any atom is -0.495 e. The lowest BCUT2D eigenvalue weighted by Gasteiger charge is -2.23. The van der Waals surface area contributed by atoms with Gasteiger partial charge in [0.2, 0.25) is 0 Å². The van der Waals surface area contributed by atoms with Gasteiger partial charge in [0.15, 0.2) is 0 Å². The molecule has 43 heavy (non-hydrogen) atoms. The van der Waals surface area contributed by atoms with Crippen LogP contribution in [-0.2, 0) is 11.0 Å². The van der Waals surface area contributed by atoms with Crippen molar-refractivity contribution in [2.75, 3.05) is 38.8 Å². The molecule has 2 aromatic carbocycles. The van der Waals surface area contributed by atoms with E-state index in [0.29, 0.717) is 43.4 Å². The molecule has 0 radical (unpaired) electrons. The molecule has 1 amide bonds. The van der Waals surface area contributed by atoms with E-state index in [1.165, 1.54) is 31.2 Å². The second kappa shape index (κ2) is 13.3. The van der Waals surface area contributed by atoms with Crippen molar-refractivity contribution < 1.29 is 37.3 Å². The summed E-state index contributed by atoms with van der Waals surface area (Å²) < 4.78 is 51.1. The van der Waals surface area contributed by atoms with Crippen LogP contribution in [0.3, 0.4) is 0 Å². The first kappa shape index (κ1) is 31.6. The molecule has 13 heteroatoms. The fraction of sp³-hybridized carbons (Fsp3) is 0.333. The molecular formula is C30H28ClF3N4O5. The predicted molar refractivity (Wildman–Crippen MR) is 152 cm³/mol. The largest absolute Gasteiger partial charge is 0.495 e. The summed E-state index contributed by atoms with van der Waals surface area (Å²) in [5.41, 5.74) is -0.965. The highest BCUT2D eigenvalue weighted by Gasteiger charge is 2.34. The molecule has 0 spiro atoms. The molecule has 1 saturated heterocycles. The number of alkyl halides is 3. The third kappa shape index (κ3) is 7.01. The van der Waals surface area contributed by atoms with Crippen LogP contribution in [0, 0.1) is 11.3 Å². The van der Waals surface area contributed by atoms with E-state index in [1.54, 1.807) is 30.3 Å². The van der Waals surface area contributed by atoms with Crippen LogP contribution in [0.2, 0.25) is 5.02 Å². The van der Waals surface area contributed by atoms with Gasteiger partial charge in [-0.05, 0) is 50.1 Å². The maximum Gasteiger partial charge on any atom is 0.433 e. The number of methoxy groups -OCH3 is 1. The number of amides is 1. The first-order valence-electron chi connectivity index (χ1n) is 13.3. The van der Waals surface area contributed by atoms with Gasteiger partial charge in [0, 0.05) is 37.0 Å². The lowest BCUT2D eigenvalue weighted by Crippen LogP contribution is -2.37. The van der Waals surface area contributed by atoms with E-state index in [0.717, 1.165) is 12.6 Å². The van der Waals surface area contributed by atoms with Crippen LogP contribution < -0.4 is 14.4 Å². The van der Waals surface area contributed by atoms with Crippen LogP contribution in [0.1, 0.15) is 40.9 Å². The number of likely N-dealkylation sites (tertiary alicyclic amines) is 1. The highest BCUT2D eigenvalue weighted by molar-refractivity contribution is 6.34. The van der Waals surface area contributed by atoms with E-state index >= 15 is 0 Å². The Balaban J connectivity index is 1.70. The van der Waals surface area contributed by atoms with Crippen LogP contribution in [0.5, 0.6) is 11.5 Å². The number of nitriles is 1. The molecule has 3 aromatic rings. The summed E-state index contributed by atoms with van der Waals surface area (Å²) in [6, 6.07) is 11.4. The number of para-hydroxylation sites is 2. The van der Waals surface area contributed by atoms with E-state index in [1.807, 2.05) is 4.90 Å². The van der Waals surface area contributed by atoms with Crippen molar-refractivity contribution in [3.05, 3.63) is 70.5 Å². The predicted octanol–water partition coefficient (Wildman–Crippen LogP) is 5.90. The molecule has 0 unspecified atom stereocenters. The smallest absolute Gasteiger partial charge is 0.433 e. The molecule has 1 atom stereocenters. The van der Waals surface area contributed by atoms with Gasteiger partial charge in [-0.25, -0.2) is 0 Å². The number of halogens is 4. The molecule has 9 nitrogen and oxygen atoms in total. The van der Waals surface area contributed by atoms with Crippen LogP contribution in [0.25, 0.3) is 11.1 Å². The number of ether oxygens (including phenoxy) is 2. The lowest BCUT2D eigenvalue weighted by atomic mass is 9.98. The highest BCUT2D eigenvalue weighted by Crippen LogP contribution is 2.39. The number of carboxylic acids is 1. The maximum absolute atomic E-state index is 13.9. The number of carbonyl (C=O) groups is 2. The number of carbonyl (C=O) groups excluding carboxylic acids is 1. The van der Waals surface area contributed by atoms with Crippen molar-refractivity contribution in [2.45, 2.75) is 31.5 Å². The Bertz CT molecular complexity index is 1560. The number of benzene rings is 2. The number of aliphatic carboxylic acids is 1. The summed E-state index contributed by atoms with van der Waals surface area (Å²) in [7, 11) is 2.99. The zero-order chi connectivity index (χ0) is 31.3. The van der Waals surface area contributed by atoms with E-state index in [4.69, 9.17) is 21.1 Å². The first-order chi connectivity index (χ1) is 20.5. The number of rotatable bonds is 10. The van der Waals surface area contributed by atoms with Gasteiger partial charge in [-0.2, -0.15) is 18.4 Å². The Kier molecular flexibility index (Phi) is 9.78. The summed E-state index contributed by atoms with van der Waals surface area (Å²) in [6.45, 7) is 1.26. The topological polar surface area (TPSA) is 116 Å². The monoisotopic (exact) mass is 616 g/mol. The lowest BCUT2D eigenvalue weighted by molar-refractivity contribution is -0.142. The molecule has 0 bridgehead atoms. The molecule has 2 heterocycles. The second-order valence-corrected chi connectivity index (χ2v) is 10.2. The zero-order valence-corrected chi connectivity index (χ0v) is 24.1. The Morgan fingerprint density at radius 2 is 1.95 bits per heavy atom. The number of hydrogen-bond donors (Lipinski definition) is 1. The molecule has 1 aliphatic rings. The molecule has 1 N–H and O–H groups in total. The number of hydrogen-bond acceptors (Lipinski definition) is 7. The molecule has 1 aromatic heterocycles. The number of nitrogens with zero attached hydrogens (tertiary/aromatic N) is 4. The van der Waals surface area contributed by atoms with Crippen molar-refractivity contribution >= 4 is 29.2 Å². The molecule has 0 aliphatic carbocycles. The SMILES string of the molecule is COc1ccccc1N(C)C(=O)c1cc(-c2cnc(C(F)(F)F)cc2C#N)c(Cl)cc1OCCCN1CCC[C@H]1C(=O)O. The Morgan fingerprint density at radius 1 is 1.21 bits per heavy atom. The summed E-state index contributed by atoms with van der Waals surface area (Å²) >= 11 is 6.56.